The molecule has 0 aliphatic heterocycles. The summed E-state index contributed by atoms with van der Waals surface area (Å²) in [6.07, 6.45) is 0. The monoisotopic (exact) mass is 386 g/mol. The van der Waals surface area contributed by atoms with Crippen LogP contribution in [-0.4, -0.2) is 28.0 Å². The van der Waals surface area contributed by atoms with Crippen LogP contribution in [0.1, 0.15) is 16.1 Å². The Morgan fingerprint density at radius 1 is 1.17 bits per heavy atom. The van der Waals surface area contributed by atoms with Crippen LogP contribution in [0.25, 0.3) is 11.3 Å². The molecule has 0 fully saturated rings. The zero-order valence-electron chi connectivity index (χ0n) is 12.9. The molecule has 0 amide bonds. The predicted octanol–water partition coefficient (Wildman–Crippen LogP) is 4.07. The van der Waals surface area contributed by atoms with Crippen LogP contribution in [0.15, 0.2) is 59.1 Å². The number of ether oxygens (including phenoxy) is 1. The van der Waals surface area contributed by atoms with E-state index in [0.29, 0.717) is 12.2 Å². The van der Waals surface area contributed by atoms with Gasteiger partial charge in [0.1, 0.15) is 11.4 Å². The van der Waals surface area contributed by atoms with Gasteiger partial charge in [-0.3, -0.25) is 4.68 Å². The van der Waals surface area contributed by atoms with Gasteiger partial charge in [-0.05, 0) is 35.9 Å². The predicted molar refractivity (Wildman–Crippen MR) is 94.4 cm³/mol. The second kappa shape index (κ2) is 6.88. The van der Waals surface area contributed by atoms with Gasteiger partial charge in [-0.15, -0.1) is 0 Å². The number of benzene rings is 2. The number of aromatic nitrogens is 2. The van der Waals surface area contributed by atoms with Crippen molar-refractivity contribution in [2.45, 2.75) is 6.54 Å². The van der Waals surface area contributed by atoms with Crippen LogP contribution in [0.2, 0.25) is 0 Å². The van der Waals surface area contributed by atoms with Gasteiger partial charge in [-0.25, -0.2) is 4.79 Å². The quantitative estimate of drug-likeness (QED) is 0.717. The minimum absolute atomic E-state index is 0.156. The SMILES string of the molecule is COc1ccc(Cn2nc(-c3ccc(Br)cc3)cc2C(=O)O)cc1. The van der Waals surface area contributed by atoms with Crippen LogP contribution in [0.5, 0.6) is 5.75 Å². The van der Waals surface area contributed by atoms with Gasteiger partial charge in [0.25, 0.3) is 0 Å². The summed E-state index contributed by atoms with van der Waals surface area (Å²) in [5.74, 6) is -0.243. The first-order chi connectivity index (χ1) is 11.6. The topological polar surface area (TPSA) is 64.4 Å². The molecule has 0 unspecified atom stereocenters. The Morgan fingerprint density at radius 3 is 2.42 bits per heavy atom. The van der Waals surface area contributed by atoms with E-state index in [2.05, 4.69) is 21.0 Å². The molecule has 0 saturated carbocycles. The van der Waals surface area contributed by atoms with Crippen molar-refractivity contribution in [2.75, 3.05) is 7.11 Å². The van der Waals surface area contributed by atoms with Crippen molar-refractivity contribution in [3.8, 4) is 17.0 Å². The van der Waals surface area contributed by atoms with Gasteiger partial charge >= 0.3 is 5.97 Å². The van der Waals surface area contributed by atoms with Gasteiger partial charge in [-0.2, -0.15) is 5.10 Å². The molecule has 1 heterocycles. The van der Waals surface area contributed by atoms with E-state index in [1.54, 1.807) is 13.2 Å². The first-order valence-corrected chi connectivity index (χ1v) is 8.06. The summed E-state index contributed by atoms with van der Waals surface area (Å²) in [5.41, 5.74) is 2.61. The number of rotatable bonds is 5. The smallest absolute Gasteiger partial charge is 0.354 e. The number of carbonyl (C=O) groups is 1. The van der Waals surface area contributed by atoms with Crippen molar-refractivity contribution in [2.24, 2.45) is 0 Å². The first-order valence-electron chi connectivity index (χ1n) is 7.27. The highest BCUT2D eigenvalue weighted by Gasteiger charge is 2.15. The lowest BCUT2D eigenvalue weighted by Gasteiger charge is -2.06. The van der Waals surface area contributed by atoms with Gasteiger partial charge in [0.15, 0.2) is 0 Å². The fourth-order valence-electron chi connectivity index (χ4n) is 2.38. The van der Waals surface area contributed by atoms with Crippen LogP contribution < -0.4 is 4.74 Å². The summed E-state index contributed by atoms with van der Waals surface area (Å²) in [7, 11) is 1.61. The molecule has 0 aliphatic carbocycles. The first kappa shape index (κ1) is 16.3. The number of nitrogens with zero attached hydrogens (tertiary/aromatic N) is 2. The number of methoxy groups -OCH3 is 1. The lowest BCUT2D eigenvalue weighted by atomic mass is 10.1. The van der Waals surface area contributed by atoms with Crippen molar-refractivity contribution >= 4 is 21.9 Å². The van der Waals surface area contributed by atoms with E-state index in [9.17, 15) is 9.90 Å². The van der Waals surface area contributed by atoms with Gasteiger partial charge in [0.05, 0.1) is 19.3 Å². The van der Waals surface area contributed by atoms with Gasteiger partial charge < -0.3 is 9.84 Å². The summed E-state index contributed by atoms with van der Waals surface area (Å²) < 4.78 is 7.59. The number of halogens is 1. The minimum atomic E-state index is -1.00. The third-order valence-corrected chi connectivity index (χ3v) is 4.16. The Hall–Kier alpha value is -2.60. The molecule has 6 heteroatoms. The molecule has 0 atom stereocenters. The van der Waals surface area contributed by atoms with Crippen molar-refractivity contribution in [1.29, 1.82) is 0 Å². The van der Waals surface area contributed by atoms with Crippen LogP contribution in [-0.2, 0) is 6.54 Å². The lowest BCUT2D eigenvalue weighted by molar-refractivity contribution is 0.0684. The summed E-state index contributed by atoms with van der Waals surface area (Å²) in [6.45, 7) is 0.377. The highest BCUT2D eigenvalue weighted by Crippen LogP contribution is 2.22. The fraction of sp³-hybridized carbons (Fsp3) is 0.111. The molecule has 3 aromatic rings. The van der Waals surface area contributed by atoms with Crippen LogP contribution in [0.4, 0.5) is 0 Å². The van der Waals surface area contributed by atoms with Crippen LogP contribution in [0.3, 0.4) is 0 Å². The molecular weight excluding hydrogens is 372 g/mol. The molecule has 1 N–H and O–H groups in total. The third kappa shape index (κ3) is 3.49. The van der Waals surface area contributed by atoms with Crippen molar-refractivity contribution < 1.29 is 14.6 Å². The van der Waals surface area contributed by atoms with Crippen molar-refractivity contribution in [1.82, 2.24) is 9.78 Å². The average Bonchev–Trinajstić information content (AvgIpc) is 3.00. The molecule has 0 saturated heterocycles. The van der Waals surface area contributed by atoms with Gasteiger partial charge in [-0.1, -0.05) is 40.2 Å². The molecule has 122 valence electrons. The fourth-order valence-corrected chi connectivity index (χ4v) is 2.64. The van der Waals surface area contributed by atoms with Gasteiger partial charge in [0, 0.05) is 10.0 Å². The molecule has 2 aromatic carbocycles. The standard InChI is InChI=1S/C18H15BrN2O3/c1-24-15-8-2-12(3-9-15)11-21-17(18(22)23)10-16(20-21)13-4-6-14(19)7-5-13/h2-10H,11H2,1H3,(H,22,23). The maximum Gasteiger partial charge on any atom is 0.354 e. The largest absolute Gasteiger partial charge is 0.497 e. The second-order valence-electron chi connectivity index (χ2n) is 5.23. The van der Waals surface area contributed by atoms with Crippen LogP contribution >= 0.6 is 15.9 Å². The van der Waals surface area contributed by atoms with E-state index in [0.717, 1.165) is 21.3 Å². The number of carboxylic acid groups (broad SMARTS) is 1. The molecule has 0 spiro atoms. The summed E-state index contributed by atoms with van der Waals surface area (Å²) >= 11 is 3.39. The number of aromatic carboxylic acids is 1. The Bertz CT molecular complexity index is 855. The molecule has 1 aromatic heterocycles. The molecule has 0 radical (unpaired) electrons. The lowest BCUT2D eigenvalue weighted by Crippen LogP contribution is -2.10. The normalized spacial score (nSPS) is 10.6. The molecule has 3 rings (SSSR count). The van der Waals surface area contributed by atoms with Crippen molar-refractivity contribution in [3.05, 3.63) is 70.3 Å². The zero-order valence-corrected chi connectivity index (χ0v) is 14.5. The summed E-state index contributed by atoms with van der Waals surface area (Å²) in [5, 5.41) is 13.9. The second-order valence-corrected chi connectivity index (χ2v) is 6.15. The summed E-state index contributed by atoms with van der Waals surface area (Å²) in [4.78, 5) is 11.5. The average molecular weight is 387 g/mol. The Labute approximate surface area is 147 Å². The van der Waals surface area contributed by atoms with Crippen molar-refractivity contribution in [3.63, 3.8) is 0 Å². The number of hydrogen-bond donors (Lipinski definition) is 1. The Morgan fingerprint density at radius 2 is 1.83 bits per heavy atom. The van der Waals surface area contributed by atoms with E-state index in [1.165, 1.54) is 4.68 Å². The molecule has 24 heavy (non-hydrogen) atoms. The minimum Gasteiger partial charge on any atom is -0.497 e. The molecule has 0 aliphatic rings. The van der Waals surface area contributed by atoms with Crippen LogP contribution in [0, 0.1) is 0 Å². The molecule has 0 bridgehead atoms. The molecular formula is C18H15BrN2O3. The van der Waals surface area contributed by atoms with E-state index in [1.807, 2.05) is 48.5 Å². The number of carboxylic acids is 1. The highest BCUT2D eigenvalue weighted by molar-refractivity contribution is 9.10. The van der Waals surface area contributed by atoms with E-state index >= 15 is 0 Å². The van der Waals surface area contributed by atoms with E-state index in [-0.39, 0.29) is 5.69 Å². The Balaban J connectivity index is 1.93. The maximum atomic E-state index is 11.5. The van der Waals surface area contributed by atoms with Gasteiger partial charge in [0.2, 0.25) is 0 Å². The van der Waals surface area contributed by atoms with E-state index in [4.69, 9.17) is 4.74 Å². The Kier molecular flexibility index (Phi) is 4.66. The highest BCUT2D eigenvalue weighted by atomic mass is 79.9. The maximum absolute atomic E-state index is 11.5. The zero-order chi connectivity index (χ0) is 17.1. The van der Waals surface area contributed by atoms with E-state index < -0.39 is 5.97 Å². The third-order valence-electron chi connectivity index (χ3n) is 3.63. The summed E-state index contributed by atoms with van der Waals surface area (Å²) in [6, 6.07) is 16.7. The number of hydrogen-bond acceptors (Lipinski definition) is 3. The molecule has 5 nitrogen and oxygen atoms in total.